The normalized spacial score (nSPS) is 12.5. The lowest BCUT2D eigenvalue weighted by atomic mass is 10.0. The summed E-state index contributed by atoms with van der Waals surface area (Å²) in [4.78, 5) is 24.5. The van der Waals surface area contributed by atoms with E-state index in [-0.39, 0.29) is 5.91 Å². The van der Waals surface area contributed by atoms with E-state index in [1.54, 1.807) is 11.3 Å². The van der Waals surface area contributed by atoms with Crippen LogP contribution in [0.2, 0.25) is 5.02 Å². The Bertz CT molecular complexity index is 1650. The third-order valence-corrected chi connectivity index (χ3v) is 8.21. The first-order chi connectivity index (χ1) is 19.5. The van der Waals surface area contributed by atoms with Crippen molar-refractivity contribution in [3.63, 3.8) is 0 Å². The number of nitrogens with zero attached hydrogens (tertiary/aromatic N) is 3. The van der Waals surface area contributed by atoms with Crippen molar-refractivity contribution >= 4 is 40.4 Å². The molecule has 0 radical (unpaired) electrons. The predicted molar refractivity (Wildman–Crippen MR) is 164 cm³/mol. The molecule has 200 valence electrons. The maximum absolute atomic E-state index is 12.8. The van der Waals surface area contributed by atoms with Gasteiger partial charge in [-0.15, -0.1) is 11.3 Å². The Labute approximate surface area is 242 Å². The number of hydrogen-bond acceptors (Lipinski definition) is 6. The number of halogens is 1. The maximum atomic E-state index is 12.8. The molecule has 1 aliphatic heterocycles. The number of amides is 1. The van der Waals surface area contributed by atoms with E-state index >= 15 is 0 Å². The molecule has 2 aromatic heterocycles. The lowest BCUT2D eigenvalue weighted by Gasteiger charge is -2.32. The van der Waals surface area contributed by atoms with Gasteiger partial charge in [-0.2, -0.15) is 0 Å². The Morgan fingerprint density at radius 3 is 2.67 bits per heavy atom. The van der Waals surface area contributed by atoms with Crippen LogP contribution in [0.25, 0.3) is 21.7 Å². The Kier molecular flexibility index (Phi) is 7.49. The van der Waals surface area contributed by atoms with Crippen LogP contribution in [0.5, 0.6) is 0 Å². The maximum Gasteiger partial charge on any atom is 0.251 e. The highest BCUT2D eigenvalue weighted by Gasteiger charge is 2.20. The molecule has 0 saturated carbocycles. The second-order valence-corrected chi connectivity index (χ2v) is 11.1. The van der Waals surface area contributed by atoms with E-state index in [2.05, 4.69) is 39.6 Å². The minimum absolute atomic E-state index is 0.128. The van der Waals surface area contributed by atoms with Crippen LogP contribution in [-0.2, 0) is 13.1 Å². The average Bonchev–Trinajstić information content (AvgIpc) is 3.47. The van der Waals surface area contributed by atoms with E-state index in [0.717, 1.165) is 63.6 Å². The number of benzene rings is 3. The highest BCUT2D eigenvalue weighted by molar-refractivity contribution is 7.13. The summed E-state index contributed by atoms with van der Waals surface area (Å²) in [7, 11) is 0. The van der Waals surface area contributed by atoms with E-state index in [4.69, 9.17) is 16.6 Å². The number of nitrogens with one attached hydrogen (secondary N) is 2. The summed E-state index contributed by atoms with van der Waals surface area (Å²) in [6.07, 6.45) is 1.88. The first-order valence-corrected chi connectivity index (χ1v) is 14.4. The van der Waals surface area contributed by atoms with Crippen LogP contribution in [0, 0.1) is 6.92 Å². The van der Waals surface area contributed by atoms with Crippen molar-refractivity contribution in [1.29, 1.82) is 0 Å². The molecule has 0 atom stereocenters. The van der Waals surface area contributed by atoms with Gasteiger partial charge >= 0.3 is 0 Å². The molecule has 40 heavy (non-hydrogen) atoms. The molecule has 0 bridgehead atoms. The van der Waals surface area contributed by atoms with Gasteiger partial charge in [0.1, 0.15) is 10.8 Å². The molecule has 1 amide bonds. The average molecular weight is 566 g/mol. The first-order valence-electron chi connectivity index (χ1n) is 13.2. The molecule has 0 unspecified atom stereocenters. The fourth-order valence-electron chi connectivity index (χ4n) is 4.79. The van der Waals surface area contributed by atoms with Crippen molar-refractivity contribution in [2.45, 2.75) is 20.0 Å². The van der Waals surface area contributed by atoms with E-state index in [1.165, 1.54) is 11.1 Å². The van der Waals surface area contributed by atoms with Crippen LogP contribution in [0.4, 0.5) is 11.5 Å². The van der Waals surface area contributed by atoms with Crippen LogP contribution in [-0.4, -0.2) is 29.0 Å². The number of pyridine rings is 1. The molecule has 1 aliphatic rings. The predicted octanol–water partition coefficient (Wildman–Crippen LogP) is 7.20. The molecule has 5 aromatic rings. The fraction of sp³-hybridized carbons (Fsp3) is 0.156. The Morgan fingerprint density at radius 1 is 1.02 bits per heavy atom. The van der Waals surface area contributed by atoms with E-state index in [0.29, 0.717) is 12.1 Å². The van der Waals surface area contributed by atoms with E-state index < -0.39 is 0 Å². The first kappa shape index (κ1) is 26.0. The quantitative estimate of drug-likeness (QED) is 0.218. The van der Waals surface area contributed by atoms with Gasteiger partial charge in [-0.05, 0) is 53.9 Å². The van der Waals surface area contributed by atoms with Crippen molar-refractivity contribution < 1.29 is 4.79 Å². The molecular weight excluding hydrogens is 538 g/mol. The number of aromatic nitrogens is 2. The molecule has 0 fully saturated rings. The Hall–Kier alpha value is -4.20. The molecule has 3 heterocycles. The van der Waals surface area contributed by atoms with Gasteiger partial charge in [0, 0.05) is 52.9 Å². The zero-order chi connectivity index (χ0) is 27.5. The largest absolute Gasteiger partial charge is 0.367 e. The zero-order valence-electron chi connectivity index (χ0n) is 22.0. The van der Waals surface area contributed by atoms with Crippen molar-refractivity contribution in [2.75, 3.05) is 23.3 Å². The number of carbonyl (C=O) groups is 1. The summed E-state index contributed by atoms with van der Waals surface area (Å²) in [6.45, 7) is 4.96. The number of carbonyl (C=O) groups excluding carboxylic acids is 1. The van der Waals surface area contributed by atoms with Crippen LogP contribution < -0.4 is 15.5 Å². The molecular formula is C32H28ClN5OS. The van der Waals surface area contributed by atoms with Gasteiger partial charge in [0.05, 0.1) is 17.9 Å². The number of aryl methyl sites for hydroxylation is 1. The summed E-state index contributed by atoms with van der Waals surface area (Å²) < 4.78 is 0. The highest BCUT2D eigenvalue weighted by atomic mass is 35.5. The smallest absolute Gasteiger partial charge is 0.251 e. The molecule has 0 spiro atoms. The monoisotopic (exact) mass is 565 g/mol. The van der Waals surface area contributed by atoms with Gasteiger partial charge in [0.2, 0.25) is 0 Å². The number of anilines is 2. The summed E-state index contributed by atoms with van der Waals surface area (Å²) in [5, 5.41) is 10.1. The molecule has 2 N–H and O–H groups in total. The molecule has 0 saturated heterocycles. The van der Waals surface area contributed by atoms with Gasteiger partial charge in [0.15, 0.2) is 0 Å². The second kappa shape index (κ2) is 11.5. The van der Waals surface area contributed by atoms with E-state index in [1.807, 2.05) is 78.3 Å². The van der Waals surface area contributed by atoms with Crippen molar-refractivity contribution in [1.82, 2.24) is 15.3 Å². The van der Waals surface area contributed by atoms with Gasteiger partial charge in [0.25, 0.3) is 5.91 Å². The van der Waals surface area contributed by atoms with Gasteiger partial charge in [-0.3, -0.25) is 4.79 Å². The zero-order valence-corrected chi connectivity index (χ0v) is 23.6. The van der Waals surface area contributed by atoms with Gasteiger partial charge in [-0.1, -0.05) is 60.1 Å². The van der Waals surface area contributed by atoms with Crippen LogP contribution >= 0.6 is 22.9 Å². The van der Waals surface area contributed by atoms with Crippen LogP contribution in [0.15, 0.2) is 90.4 Å². The third kappa shape index (κ3) is 5.71. The highest BCUT2D eigenvalue weighted by Crippen LogP contribution is 2.33. The molecule has 6 rings (SSSR count). The Balaban J connectivity index is 1.14. The van der Waals surface area contributed by atoms with Crippen molar-refractivity contribution in [3.05, 3.63) is 118 Å². The van der Waals surface area contributed by atoms with Crippen molar-refractivity contribution in [2.24, 2.45) is 0 Å². The lowest BCUT2D eigenvalue weighted by Crippen LogP contribution is -2.34. The molecule has 0 aliphatic carbocycles. The number of thiazole rings is 1. The SMILES string of the molecule is Cc1ccc(Cl)cc1CN1CCNc2ncc(-c3ccc(C(=O)NCc4csc(-c5ccccc5)n4)cc3)cc21. The summed E-state index contributed by atoms with van der Waals surface area (Å²) >= 11 is 7.85. The van der Waals surface area contributed by atoms with E-state index in [9.17, 15) is 4.79 Å². The van der Waals surface area contributed by atoms with Crippen LogP contribution in [0.3, 0.4) is 0 Å². The molecule has 6 nitrogen and oxygen atoms in total. The van der Waals surface area contributed by atoms with Gasteiger partial charge in [-0.25, -0.2) is 9.97 Å². The Morgan fingerprint density at radius 2 is 1.85 bits per heavy atom. The third-order valence-electron chi connectivity index (χ3n) is 7.04. The number of hydrogen-bond donors (Lipinski definition) is 2. The van der Waals surface area contributed by atoms with Gasteiger partial charge < -0.3 is 15.5 Å². The summed E-state index contributed by atoms with van der Waals surface area (Å²) in [6, 6.07) is 25.9. The minimum atomic E-state index is -0.128. The number of fused-ring (bicyclic) bond motifs is 1. The topological polar surface area (TPSA) is 70.2 Å². The molecule has 8 heteroatoms. The second-order valence-electron chi connectivity index (χ2n) is 9.78. The summed E-state index contributed by atoms with van der Waals surface area (Å²) in [5.41, 5.74) is 8.01. The number of rotatable bonds is 7. The standard InChI is InChI=1S/C32H28ClN5OS/c1-21-7-12-27(33)15-26(21)19-38-14-13-34-30-29(38)16-25(17-35-30)22-8-10-23(11-9-22)31(39)36-18-28-20-40-32(37-28)24-5-3-2-4-6-24/h2-12,15-17,20H,13-14,18-19H2,1H3,(H,34,35)(H,36,39). The van der Waals surface area contributed by atoms with Crippen LogP contribution in [0.1, 0.15) is 27.2 Å². The summed E-state index contributed by atoms with van der Waals surface area (Å²) in [5.74, 6) is 0.750. The minimum Gasteiger partial charge on any atom is -0.367 e. The molecule has 3 aromatic carbocycles. The fourth-order valence-corrected chi connectivity index (χ4v) is 5.81. The lowest BCUT2D eigenvalue weighted by molar-refractivity contribution is 0.0950. The van der Waals surface area contributed by atoms with Crippen molar-refractivity contribution in [3.8, 4) is 21.7 Å².